The number of anilines is 1. The van der Waals surface area contributed by atoms with Gasteiger partial charge in [0.1, 0.15) is 0 Å². The second-order valence-electron chi connectivity index (χ2n) is 6.06. The van der Waals surface area contributed by atoms with Crippen molar-refractivity contribution in [2.75, 3.05) is 11.1 Å². The summed E-state index contributed by atoms with van der Waals surface area (Å²) in [7, 11) is 0. The third-order valence-electron chi connectivity index (χ3n) is 4.26. The summed E-state index contributed by atoms with van der Waals surface area (Å²) >= 11 is 0.998. The summed E-state index contributed by atoms with van der Waals surface area (Å²) in [4.78, 5) is 41.7. The van der Waals surface area contributed by atoms with E-state index in [1.165, 1.54) is 4.90 Å². The minimum Gasteiger partial charge on any atom is -0.321 e. The molecule has 3 amide bonds. The first-order valence-corrected chi connectivity index (χ1v) is 9.31. The quantitative estimate of drug-likeness (QED) is 0.750. The van der Waals surface area contributed by atoms with Gasteiger partial charge < -0.3 is 5.32 Å². The Bertz CT molecular complexity index is 1050. The number of pyridine rings is 1. The fraction of sp³-hybridized carbons (Fsp3) is 0.100. The molecule has 134 valence electrons. The fourth-order valence-corrected chi connectivity index (χ4v) is 3.66. The molecule has 1 saturated heterocycles. The van der Waals surface area contributed by atoms with Gasteiger partial charge in [-0.25, -0.2) is 0 Å². The number of hydrogen-bond acceptors (Lipinski definition) is 5. The lowest BCUT2D eigenvalue weighted by Crippen LogP contribution is -2.28. The largest absolute Gasteiger partial charge is 0.321 e. The molecule has 1 aliphatic rings. The topological polar surface area (TPSA) is 79.4 Å². The average molecular weight is 377 g/mol. The van der Waals surface area contributed by atoms with Crippen LogP contribution in [0.25, 0.3) is 10.9 Å². The number of nitrogens with zero attached hydrogens (tertiary/aromatic N) is 2. The molecule has 0 aliphatic carbocycles. The number of carbonyl (C=O) groups is 3. The molecule has 2 heterocycles. The first-order valence-electron chi connectivity index (χ1n) is 8.33. The zero-order valence-corrected chi connectivity index (χ0v) is 15.0. The summed E-state index contributed by atoms with van der Waals surface area (Å²) < 4.78 is 0. The molecular weight excluding hydrogens is 362 g/mol. The minimum absolute atomic E-state index is 0.171. The molecule has 0 spiro atoms. The minimum atomic E-state index is -0.262. The Morgan fingerprint density at radius 1 is 1.11 bits per heavy atom. The summed E-state index contributed by atoms with van der Waals surface area (Å²) in [5.41, 5.74) is 2.66. The predicted molar refractivity (Wildman–Crippen MR) is 105 cm³/mol. The van der Waals surface area contributed by atoms with E-state index < -0.39 is 0 Å². The molecule has 3 aromatic rings. The molecule has 2 aromatic carbocycles. The lowest BCUT2D eigenvalue weighted by Gasteiger charge is -2.14. The highest BCUT2D eigenvalue weighted by atomic mass is 32.2. The molecule has 0 radical (unpaired) electrons. The van der Waals surface area contributed by atoms with Crippen molar-refractivity contribution in [3.05, 3.63) is 71.9 Å². The molecule has 1 fully saturated rings. The normalized spacial score (nSPS) is 14.0. The summed E-state index contributed by atoms with van der Waals surface area (Å²) in [6, 6.07) is 16.2. The third kappa shape index (κ3) is 3.54. The van der Waals surface area contributed by atoms with Crippen LogP contribution >= 0.6 is 11.8 Å². The Hall–Kier alpha value is -3.19. The maximum atomic E-state index is 12.7. The Morgan fingerprint density at radius 2 is 1.96 bits per heavy atom. The molecule has 1 aliphatic heterocycles. The Morgan fingerprint density at radius 3 is 2.78 bits per heavy atom. The molecule has 4 rings (SSSR count). The molecule has 0 bridgehead atoms. The molecular formula is C20H15N3O3S. The molecule has 1 aromatic heterocycles. The SMILES string of the molecule is O=C(Nc1cccc2ncccc12)c1cccc(CN2C(=O)CSC2=O)c1. The van der Waals surface area contributed by atoms with Gasteiger partial charge in [-0.3, -0.25) is 24.3 Å². The van der Waals surface area contributed by atoms with Crippen LogP contribution in [-0.2, 0) is 11.3 Å². The lowest BCUT2D eigenvalue weighted by molar-refractivity contribution is -0.125. The molecule has 7 heteroatoms. The van der Waals surface area contributed by atoms with Gasteiger partial charge in [0.15, 0.2) is 0 Å². The van der Waals surface area contributed by atoms with Gasteiger partial charge in [0.05, 0.1) is 23.5 Å². The van der Waals surface area contributed by atoms with E-state index in [1.54, 1.807) is 30.5 Å². The lowest BCUT2D eigenvalue weighted by atomic mass is 10.1. The van der Waals surface area contributed by atoms with Gasteiger partial charge >= 0.3 is 0 Å². The number of fused-ring (bicyclic) bond motifs is 1. The zero-order chi connectivity index (χ0) is 18.8. The van der Waals surface area contributed by atoms with E-state index in [4.69, 9.17) is 0 Å². The second kappa shape index (κ2) is 7.20. The predicted octanol–water partition coefficient (Wildman–Crippen LogP) is 3.68. The van der Waals surface area contributed by atoms with E-state index in [0.29, 0.717) is 11.3 Å². The van der Waals surface area contributed by atoms with Crippen LogP contribution < -0.4 is 5.32 Å². The Balaban J connectivity index is 1.55. The van der Waals surface area contributed by atoms with E-state index >= 15 is 0 Å². The highest BCUT2D eigenvalue weighted by Gasteiger charge is 2.29. The number of carbonyl (C=O) groups excluding carboxylic acids is 3. The highest BCUT2D eigenvalue weighted by Crippen LogP contribution is 2.23. The first-order chi connectivity index (χ1) is 13.1. The number of rotatable bonds is 4. The van der Waals surface area contributed by atoms with Gasteiger partial charge in [0.2, 0.25) is 5.91 Å². The van der Waals surface area contributed by atoms with Crippen molar-refractivity contribution in [1.82, 2.24) is 9.88 Å². The van der Waals surface area contributed by atoms with E-state index in [1.807, 2.05) is 30.3 Å². The number of thioether (sulfide) groups is 1. The van der Waals surface area contributed by atoms with E-state index in [2.05, 4.69) is 10.3 Å². The highest BCUT2D eigenvalue weighted by molar-refractivity contribution is 8.14. The molecule has 27 heavy (non-hydrogen) atoms. The van der Waals surface area contributed by atoms with Gasteiger partial charge in [-0.05, 0) is 42.0 Å². The molecule has 6 nitrogen and oxygen atoms in total. The average Bonchev–Trinajstić information content (AvgIpc) is 3.00. The van der Waals surface area contributed by atoms with Crippen LogP contribution in [0.3, 0.4) is 0 Å². The Kier molecular flexibility index (Phi) is 4.60. The van der Waals surface area contributed by atoms with Gasteiger partial charge in [-0.15, -0.1) is 0 Å². The summed E-state index contributed by atoms with van der Waals surface area (Å²) in [6.45, 7) is 0.171. The van der Waals surface area contributed by atoms with Crippen LogP contribution in [0, 0.1) is 0 Å². The van der Waals surface area contributed by atoms with E-state index in [0.717, 1.165) is 28.2 Å². The summed E-state index contributed by atoms with van der Waals surface area (Å²) in [6.07, 6.45) is 1.70. The number of hydrogen-bond donors (Lipinski definition) is 1. The second-order valence-corrected chi connectivity index (χ2v) is 6.99. The van der Waals surface area contributed by atoms with Crippen LogP contribution in [-0.4, -0.2) is 32.7 Å². The number of aromatic nitrogens is 1. The van der Waals surface area contributed by atoms with Crippen molar-refractivity contribution in [2.45, 2.75) is 6.54 Å². The van der Waals surface area contributed by atoms with Crippen LogP contribution in [0.1, 0.15) is 15.9 Å². The maximum Gasteiger partial charge on any atom is 0.289 e. The summed E-state index contributed by atoms with van der Waals surface area (Å²) in [5.74, 6) is -0.293. The number of nitrogens with one attached hydrogen (secondary N) is 1. The smallest absolute Gasteiger partial charge is 0.289 e. The zero-order valence-electron chi connectivity index (χ0n) is 14.2. The van der Waals surface area contributed by atoms with Crippen molar-refractivity contribution in [1.29, 1.82) is 0 Å². The van der Waals surface area contributed by atoms with Crippen molar-refractivity contribution in [2.24, 2.45) is 0 Å². The number of amides is 3. The van der Waals surface area contributed by atoms with Crippen molar-refractivity contribution in [3.8, 4) is 0 Å². The maximum absolute atomic E-state index is 12.7. The van der Waals surface area contributed by atoms with Crippen molar-refractivity contribution < 1.29 is 14.4 Å². The first kappa shape index (κ1) is 17.2. The molecule has 1 N–H and O–H groups in total. The van der Waals surface area contributed by atoms with E-state index in [-0.39, 0.29) is 29.4 Å². The van der Waals surface area contributed by atoms with Crippen LogP contribution in [0.5, 0.6) is 0 Å². The third-order valence-corrected chi connectivity index (χ3v) is 5.12. The number of benzene rings is 2. The van der Waals surface area contributed by atoms with Crippen molar-refractivity contribution in [3.63, 3.8) is 0 Å². The van der Waals surface area contributed by atoms with Gasteiger partial charge in [-0.1, -0.05) is 30.0 Å². The van der Waals surface area contributed by atoms with Gasteiger partial charge in [0, 0.05) is 17.1 Å². The van der Waals surface area contributed by atoms with Gasteiger partial charge in [0.25, 0.3) is 11.1 Å². The molecule has 0 unspecified atom stereocenters. The molecule has 0 saturated carbocycles. The standard InChI is InChI=1S/C20H15N3O3S/c24-18-12-27-20(26)23(18)11-13-4-1-5-14(10-13)19(25)22-17-8-2-7-16-15(17)6-3-9-21-16/h1-10H,11-12H2,(H,22,25). The Labute approximate surface area is 159 Å². The molecule has 0 atom stereocenters. The number of imide groups is 1. The van der Waals surface area contributed by atoms with E-state index in [9.17, 15) is 14.4 Å². The van der Waals surface area contributed by atoms with Crippen LogP contribution in [0.4, 0.5) is 10.5 Å². The van der Waals surface area contributed by atoms with Crippen molar-refractivity contribution >= 4 is 45.4 Å². The summed E-state index contributed by atoms with van der Waals surface area (Å²) in [5, 5.41) is 3.51. The monoisotopic (exact) mass is 377 g/mol. The van der Waals surface area contributed by atoms with Crippen LogP contribution in [0.15, 0.2) is 60.8 Å². The fourth-order valence-electron chi connectivity index (χ4n) is 2.93. The van der Waals surface area contributed by atoms with Gasteiger partial charge in [-0.2, -0.15) is 0 Å². The van der Waals surface area contributed by atoms with Crippen LogP contribution in [0.2, 0.25) is 0 Å².